The molecule has 134 valence electrons. The van der Waals surface area contributed by atoms with E-state index in [1.54, 1.807) is 19.5 Å². The topological polar surface area (TPSA) is 73.5 Å². The van der Waals surface area contributed by atoms with Crippen LogP contribution in [0.4, 0.5) is 5.69 Å². The fourth-order valence-electron chi connectivity index (χ4n) is 3.06. The SMILES string of the molecule is COc1ccc(Cc2ncc(N)cn2)cc1OCCCN1CCCC1. The van der Waals surface area contributed by atoms with Crippen molar-refractivity contribution in [3.05, 3.63) is 42.0 Å². The average molecular weight is 342 g/mol. The number of hydrogen-bond acceptors (Lipinski definition) is 6. The number of hydrogen-bond donors (Lipinski definition) is 1. The molecule has 1 aromatic carbocycles. The zero-order chi connectivity index (χ0) is 17.5. The summed E-state index contributed by atoms with van der Waals surface area (Å²) in [6.45, 7) is 4.23. The highest BCUT2D eigenvalue weighted by atomic mass is 16.5. The monoisotopic (exact) mass is 342 g/mol. The molecule has 6 nitrogen and oxygen atoms in total. The molecule has 2 heterocycles. The molecule has 0 radical (unpaired) electrons. The van der Waals surface area contributed by atoms with Crippen molar-refractivity contribution in [2.75, 3.05) is 39.1 Å². The largest absolute Gasteiger partial charge is 0.493 e. The van der Waals surface area contributed by atoms with Crippen LogP contribution >= 0.6 is 0 Å². The van der Waals surface area contributed by atoms with Crippen molar-refractivity contribution in [3.8, 4) is 11.5 Å². The Balaban J connectivity index is 1.57. The van der Waals surface area contributed by atoms with E-state index in [4.69, 9.17) is 15.2 Å². The predicted molar refractivity (Wildman–Crippen MR) is 98.0 cm³/mol. The molecule has 1 aromatic heterocycles. The number of rotatable bonds is 8. The molecular weight excluding hydrogens is 316 g/mol. The van der Waals surface area contributed by atoms with Crippen molar-refractivity contribution in [3.63, 3.8) is 0 Å². The van der Waals surface area contributed by atoms with Gasteiger partial charge in [-0.1, -0.05) is 6.07 Å². The number of anilines is 1. The Hall–Kier alpha value is -2.34. The van der Waals surface area contributed by atoms with Crippen LogP contribution in [-0.2, 0) is 6.42 Å². The van der Waals surface area contributed by atoms with Crippen LogP contribution < -0.4 is 15.2 Å². The summed E-state index contributed by atoms with van der Waals surface area (Å²) in [7, 11) is 1.66. The number of nitrogen functional groups attached to an aromatic ring is 1. The fourth-order valence-corrected chi connectivity index (χ4v) is 3.06. The summed E-state index contributed by atoms with van der Waals surface area (Å²) in [5.74, 6) is 2.26. The van der Waals surface area contributed by atoms with Crippen molar-refractivity contribution in [1.82, 2.24) is 14.9 Å². The number of aromatic nitrogens is 2. The van der Waals surface area contributed by atoms with Crippen molar-refractivity contribution in [2.24, 2.45) is 0 Å². The molecule has 0 amide bonds. The van der Waals surface area contributed by atoms with Crippen molar-refractivity contribution >= 4 is 5.69 Å². The molecular formula is C19H26N4O2. The highest BCUT2D eigenvalue weighted by Gasteiger charge is 2.11. The van der Waals surface area contributed by atoms with Crippen LogP contribution in [-0.4, -0.2) is 48.2 Å². The second kappa shape index (κ2) is 8.67. The van der Waals surface area contributed by atoms with Crippen LogP contribution in [0, 0.1) is 0 Å². The van der Waals surface area contributed by atoms with Gasteiger partial charge in [0, 0.05) is 13.0 Å². The molecule has 0 spiro atoms. The van der Waals surface area contributed by atoms with E-state index in [1.165, 1.54) is 25.9 Å². The number of likely N-dealkylation sites (tertiary alicyclic amines) is 1. The van der Waals surface area contributed by atoms with Gasteiger partial charge < -0.3 is 20.1 Å². The first-order valence-electron chi connectivity index (χ1n) is 8.83. The Kier molecular flexibility index (Phi) is 6.06. The fraction of sp³-hybridized carbons (Fsp3) is 0.474. The van der Waals surface area contributed by atoms with E-state index >= 15 is 0 Å². The lowest BCUT2D eigenvalue weighted by Crippen LogP contribution is -2.21. The second-order valence-electron chi connectivity index (χ2n) is 6.35. The van der Waals surface area contributed by atoms with Crippen LogP contribution in [0.25, 0.3) is 0 Å². The van der Waals surface area contributed by atoms with Gasteiger partial charge in [0.05, 0.1) is 31.8 Å². The van der Waals surface area contributed by atoms with Crippen LogP contribution in [0.15, 0.2) is 30.6 Å². The highest BCUT2D eigenvalue weighted by molar-refractivity contribution is 5.43. The number of nitrogens with two attached hydrogens (primary N) is 1. The molecule has 3 rings (SSSR count). The summed E-state index contributed by atoms with van der Waals surface area (Å²) < 4.78 is 11.4. The molecule has 1 fully saturated rings. The Labute approximate surface area is 149 Å². The Morgan fingerprint density at radius 1 is 1.12 bits per heavy atom. The molecule has 0 saturated carbocycles. The minimum absolute atomic E-state index is 0.570. The van der Waals surface area contributed by atoms with Crippen LogP contribution in [0.2, 0.25) is 0 Å². The molecule has 2 N–H and O–H groups in total. The summed E-state index contributed by atoms with van der Waals surface area (Å²) in [6, 6.07) is 5.95. The molecule has 6 heteroatoms. The molecule has 1 aliphatic heterocycles. The molecule has 1 aliphatic rings. The number of methoxy groups -OCH3 is 1. The van der Waals surface area contributed by atoms with Crippen LogP contribution in [0.5, 0.6) is 11.5 Å². The third-order valence-electron chi connectivity index (χ3n) is 4.39. The molecule has 0 aliphatic carbocycles. The molecule has 0 unspecified atom stereocenters. The molecule has 0 atom stereocenters. The highest BCUT2D eigenvalue weighted by Crippen LogP contribution is 2.29. The van der Waals surface area contributed by atoms with E-state index in [-0.39, 0.29) is 0 Å². The second-order valence-corrected chi connectivity index (χ2v) is 6.35. The van der Waals surface area contributed by atoms with Gasteiger partial charge >= 0.3 is 0 Å². The van der Waals surface area contributed by atoms with E-state index in [0.29, 0.717) is 18.7 Å². The maximum absolute atomic E-state index is 5.97. The van der Waals surface area contributed by atoms with Gasteiger partial charge in [0.15, 0.2) is 11.5 Å². The van der Waals surface area contributed by atoms with Crippen LogP contribution in [0.1, 0.15) is 30.7 Å². The van der Waals surface area contributed by atoms with Gasteiger partial charge in [0.2, 0.25) is 0 Å². The number of benzene rings is 1. The molecule has 2 aromatic rings. The van der Waals surface area contributed by atoms with Crippen molar-refractivity contribution in [2.45, 2.75) is 25.7 Å². The summed E-state index contributed by atoms with van der Waals surface area (Å²) in [6.07, 6.45) is 7.56. The first kappa shape index (κ1) is 17.5. The normalized spacial score (nSPS) is 14.6. The predicted octanol–water partition coefficient (Wildman–Crippen LogP) is 2.52. The zero-order valence-corrected chi connectivity index (χ0v) is 14.8. The molecule has 0 bridgehead atoms. The van der Waals surface area contributed by atoms with E-state index in [2.05, 4.69) is 14.9 Å². The zero-order valence-electron chi connectivity index (χ0n) is 14.8. The Bertz CT molecular complexity index is 670. The van der Waals surface area contributed by atoms with Gasteiger partial charge in [0.1, 0.15) is 5.82 Å². The smallest absolute Gasteiger partial charge is 0.161 e. The number of nitrogens with zero attached hydrogens (tertiary/aromatic N) is 3. The standard InChI is InChI=1S/C19H26N4O2/c1-24-17-6-5-15(12-19-21-13-16(20)14-22-19)11-18(17)25-10-4-9-23-7-2-3-8-23/h5-6,11,13-14H,2-4,7-10,12,20H2,1H3. The third kappa shape index (κ3) is 5.06. The summed E-state index contributed by atoms with van der Waals surface area (Å²) >= 11 is 0. The maximum Gasteiger partial charge on any atom is 0.161 e. The van der Waals surface area contributed by atoms with E-state index < -0.39 is 0 Å². The Morgan fingerprint density at radius 2 is 1.88 bits per heavy atom. The minimum Gasteiger partial charge on any atom is -0.493 e. The third-order valence-corrected chi connectivity index (χ3v) is 4.39. The van der Waals surface area contributed by atoms with Gasteiger partial charge in [-0.25, -0.2) is 9.97 Å². The van der Waals surface area contributed by atoms with Crippen molar-refractivity contribution in [1.29, 1.82) is 0 Å². The lowest BCUT2D eigenvalue weighted by molar-refractivity contribution is 0.254. The summed E-state index contributed by atoms with van der Waals surface area (Å²) in [5, 5.41) is 0. The van der Waals surface area contributed by atoms with E-state index in [1.807, 2.05) is 18.2 Å². The Morgan fingerprint density at radius 3 is 2.60 bits per heavy atom. The quantitative estimate of drug-likeness (QED) is 0.743. The minimum atomic E-state index is 0.570. The first-order valence-corrected chi connectivity index (χ1v) is 8.83. The van der Waals surface area contributed by atoms with Gasteiger partial charge in [0.25, 0.3) is 0 Å². The number of ether oxygens (including phenoxy) is 2. The maximum atomic E-state index is 5.97. The lowest BCUT2D eigenvalue weighted by Gasteiger charge is -2.16. The average Bonchev–Trinajstić information content (AvgIpc) is 3.14. The van der Waals surface area contributed by atoms with E-state index in [9.17, 15) is 0 Å². The van der Waals surface area contributed by atoms with Gasteiger partial charge in [-0.2, -0.15) is 0 Å². The van der Waals surface area contributed by atoms with Gasteiger partial charge in [-0.3, -0.25) is 0 Å². The van der Waals surface area contributed by atoms with Gasteiger partial charge in [-0.05, 0) is 50.0 Å². The molecule has 1 saturated heterocycles. The lowest BCUT2D eigenvalue weighted by atomic mass is 10.1. The first-order chi connectivity index (χ1) is 12.2. The summed E-state index contributed by atoms with van der Waals surface area (Å²) in [5.41, 5.74) is 7.28. The molecule has 25 heavy (non-hydrogen) atoms. The van der Waals surface area contributed by atoms with Gasteiger partial charge in [-0.15, -0.1) is 0 Å². The van der Waals surface area contributed by atoms with E-state index in [0.717, 1.165) is 35.9 Å². The van der Waals surface area contributed by atoms with Crippen LogP contribution in [0.3, 0.4) is 0 Å². The van der Waals surface area contributed by atoms with Crippen molar-refractivity contribution < 1.29 is 9.47 Å². The summed E-state index contributed by atoms with van der Waals surface area (Å²) in [4.78, 5) is 11.0.